The van der Waals surface area contributed by atoms with Gasteiger partial charge in [0.1, 0.15) is 0 Å². The second kappa shape index (κ2) is 10.5. The van der Waals surface area contributed by atoms with E-state index >= 15 is 0 Å². The lowest BCUT2D eigenvalue weighted by Crippen LogP contribution is -2.60. The normalized spacial score (nSPS) is 19.8. The zero-order chi connectivity index (χ0) is 25.3. The number of nitrogens with one attached hydrogen (secondary N) is 1. The number of rotatable bonds is 5. The second-order valence-corrected chi connectivity index (χ2v) is 11.5. The van der Waals surface area contributed by atoms with Gasteiger partial charge >= 0.3 is 0 Å². The molecule has 0 aliphatic carbocycles. The third-order valence-corrected chi connectivity index (χ3v) is 8.81. The molecule has 2 saturated heterocycles. The number of piperidine rings is 1. The number of likely N-dealkylation sites (tertiary alicyclic amines) is 1. The van der Waals surface area contributed by atoms with Gasteiger partial charge in [-0.3, -0.25) is 19.5 Å². The Labute approximate surface area is 221 Å². The SMILES string of the molecule is CN1CCC(N2CCN(C(=O)[C@](C)(NC(=O)c3cc4ccc(Cl)cc4s3)c3ccccn3)CC2)CC1. The van der Waals surface area contributed by atoms with Gasteiger partial charge in [-0.1, -0.05) is 23.7 Å². The van der Waals surface area contributed by atoms with Crippen LogP contribution in [0.15, 0.2) is 48.7 Å². The molecule has 5 rings (SSSR count). The molecule has 1 aromatic carbocycles. The van der Waals surface area contributed by atoms with Crippen molar-refractivity contribution in [2.24, 2.45) is 0 Å². The zero-order valence-electron chi connectivity index (χ0n) is 20.7. The van der Waals surface area contributed by atoms with Gasteiger partial charge in [0, 0.05) is 48.1 Å². The first-order chi connectivity index (χ1) is 17.3. The van der Waals surface area contributed by atoms with Crippen LogP contribution in [0.4, 0.5) is 0 Å². The summed E-state index contributed by atoms with van der Waals surface area (Å²) in [5, 5.41) is 4.62. The predicted molar refractivity (Wildman–Crippen MR) is 145 cm³/mol. The van der Waals surface area contributed by atoms with E-state index in [0.29, 0.717) is 34.7 Å². The molecule has 0 spiro atoms. The number of carbonyl (C=O) groups excluding carboxylic acids is 2. The molecular formula is C27H32ClN5O2S. The van der Waals surface area contributed by atoms with E-state index in [1.807, 2.05) is 41.3 Å². The maximum Gasteiger partial charge on any atom is 0.262 e. The lowest BCUT2D eigenvalue weighted by atomic mass is 9.93. The highest BCUT2D eigenvalue weighted by Crippen LogP contribution is 2.30. The monoisotopic (exact) mass is 525 g/mol. The molecule has 9 heteroatoms. The predicted octanol–water partition coefficient (Wildman–Crippen LogP) is 3.83. The van der Waals surface area contributed by atoms with E-state index in [1.54, 1.807) is 19.2 Å². The van der Waals surface area contributed by atoms with Crippen LogP contribution in [0.3, 0.4) is 0 Å². The van der Waals surface area contributed by atoms with E-state index in [4.69, 9.17) is 11.6 Å². The highest BCUT2D eigenvalue weighted by atomic mass is 35.5. The molecule has 0 bridgehead atoms. The molecule has 7 nitrogen and oxygen atoms in total. The summed E-state index contributed by atoms with van der Waals surface area (Å²) in [6.45, 7) is 7.00. The van der Waals surface area contributed by atoms with E-state index in [9.17, 15) is 9.59 Å². The quantitative estimate of drug-likeness (QED) is 0.548. The summed E-state index contributed by atoms with van der Waals surface area (Å²) in [5.41, 5.74) is -0.743. The number of thiophene rings is 1. The molecule has 2 aliphatic heterocycles. The van der Waals surface area contributed by atoms with Gasteiger partial charge in [-0.05, 0) is 75.6 Å². The number of carbonyl (C=O) groups is 2. The van der Waals surface area contributed by atoms with Crippen molar-refractivity contribution in [1.82, 2.24) is 25.0 Å². The Bertz CT molecular complexity index is 1240. The van der Waals surface area contributed by atoms with E-state index in [1.165, 1.54) is 24.2 Å². The maximum absolute atomic E-state index is 14.0. The molecule has 1 atom stereocenters. The Morgan fingerprint density at radius 2 is 1.81 bits per heavy atom. The number of fused-ring (bicyclic) bond motifs is 1. The van der Waals surface area contributed by atoms with Gasteiger partial charge < -0.3 is 15.1 Å². The summed E-state index contributed by atoms with van der Waals surface area (Å²) in [6.07, 6.45) is 4.01. The Kier molecular flexibility index (Phi) is 7.30. The first-order valence-corrected chi connectivity index (χ1v) is 13.7. The van der Waals surface area contributed by atoms with Gasteiger partial charge in [0.25, 0.3) is 11.8 Å². The van der Waals surface area contributed by atoms with Crippen LogP contribution in [0.1, 0.15) is 35.1 Å². The molecule has 2 fully saturated rings. The van der Waals surface area contributed by atoms with Crippen molar-refractivity contribution in [1.29, 1.82) is 0 Å². The fourth-order valence-electron chi connectivity index (χ4n) is 5.26. The molecule has 36 heavy (non-hydrogen) atoms. The van der Waals surface area contributed by atoms with Crippen molar-refractivity contribution in [2.45, 2.75) is 31.3 Å². The topological polar surface area (TPSA) is 68.8 Å². The van der Waals surface area contributed by atoms with Crippen LogP contribution in [-0.4, -0.2) is 83.9 Å². The van der Waals surface area contributed by atoms with Crippen LogP contribution in [0.5, 0.6) is 0 Å². The highest BCUT2D eigenvalue weighted by molar-refractivity contribution is 7.20. The van der Waals surface area contributed by atoms with Crippen molar-refractivity contribution in [3.63, 3.8) is 0 Å². The number of aromatic nitrogens is 1. The average Bonchev–Trinajstić information content (AvgIpc) is 3.33. The van der Waals surface area contributed by atoms with Crippen LogP contribution in [0.2, 0.25) is 5.02 Å². The zero-order valence-corrected chi connectivity index (χ0v) is 22.3. The minimum Gasteiger partial charge on any atom is -0.338 e. The largest absolute Gasteiger partial charge is 0.338 e. The highest BCUT2D eigenvalue weighted by Gasteiger charge is 2.42. The lowest BCUT2D eigenvalue weighted by Gasteiger charge is -2.44. The van der Waals surface area contributed by atoms with Gasteiger partial charge in [-0.2, -0.15) is 0 Å². The number of hydrogen-bond acceptors (Lipinski definition) is 6. The fraction of sp³-hybridized carbons (Fsp3) is 0.444. The summed E-state index contributed by atoms with van der Waals surface area (Å²) in [4.78, 5) is 39.2. The molecule has 0 unspecified atom stereocenters. The molecule has 0 radical (unpaired) electrons. The van der Waals surface area contributed by atoms with Gasteiger partial charge in [0.15, 0.2) is 5.54 Å². The van der Waals surface area contributed by atoms with Crippen molar-refractivity contribution < 1.29 is 9.59 Å². The summed E-state index contributed by atoms with van der Waals surface area (Å²) in [5.74, 6) is -0.416. The molecule has 1 N–H and O–H groups in total. The van der Waals surface area contributed by atoms with Crippen LogP contribution >= 0.6 is 22.9 Å². The smallest absolute Gasteiger partial charge is 0.262 e. The Morgan fingerprint density at radius 1 is 1.06 bits per heavy atom. The Balaban J connectivity index is 1.33. The molecule has 3 aromatic rings. The van der Waals surface area contributed by atoms with E-state index < -0.39 is 5.54 Å². The molecule has 4 heterocycles. The van der Waals surface area contributed by atoms with Gasteiger partial charge in [-0.25, -0.2) is 0 Å². The molecule has 2 amide bonds. The van der Waals surface area contributed by atoms with Crippen molar-refractivity contribution >= 4 is 44.8 Å². The van der Waals surface area contributed by atoms with E-state index in [2.05, 4.69) is 27.1 Å². The number of amides is 2. The van der Waals surface area contributed by atoms with E-state index in [0.717, 1.165) is 36.3 Å². The Hall–Kier alpha value is -2.52. The van der Waals surface area contributed by atoms with Gasteiger partial charge in [-0.15, -0.1) is 11.3 Å². The number of halogens is 1. The minimum atomic E-state index is -1.28. The van der Waals surface area contributed by atoms with Crippen LogP contribution in [0, 0.1) is 0 Å². The Morgan fingerprint density at radius 3 is 2.50 bits per heavy atom. The molecule has 2 aromatic heterocycles. The number of benzene rings is 1. The summed E-state index contributed by atoms with van der Waals surface area (Å²) < 4.78 is 0.934. The third kappa shape index (κ3) is 5.13. The summed E-state index contributed by atoms with van der Waals surface area (Å²) >= 11 is 7.50. The lowest BCUT2D eigenvalue weighted by molar-refractivity contribution is -0.140. The van der Waals surface area contributed by atoms with Crippen LogP contribution in [-0.2, 0) is 10.3 Å². The number of nitrogens with zero attached hydrogens (tertiary/aromatic N) is 4. The van der Waals surface area contributed by atoms with Crippen molar-refractivity contribution in [3.8, 4) is 0 Å². The minimum absolute atomic E-state index is 0.123. The molecule has 2 aliphatic rings. The first-order valence-electron chi connectivity index (χ1n) is 12.5. The maximum atomic E-state index is 14.0. The summed E-state index contributed by atoms with van der Waals surface area (Å²) in [6, 6.07) is 13.5. The second-order valence-electron chi connectivity index (χ2n) is 9.95. The molecular weight excluding hydrogens is 494 g/mol. The van der Waals surface area contributed by atoms with E-state index in [-0.39, 0.29) is 11.8 Å². The van der Waals surface area contributed by atoms with Crippen molar-refractivity contribution in [2.75, 3.05) is 46.3 Å². The number of hydrogen-bond donors (Lipinski definition) is 1. The van der Waals surface area contributed by atoms with Crippen molar-refractivity contribution in [3.05, 3.63) is 64.3 Å². The molecule has 0 saturated carbocycles. The van der Waals surface area contributed by atoms with Crippen LogP contribution in [0.25, 0.3) is 10.1 Å². The summed E-state index contributed by atoms with van der Waals surface area (Å²) in [7, 11) is 2.17. The number of piperazine rings is 1. The fourth-order valence-corrected chi connectivity index (χ4v) is 6.49. The van der Waals surface area contributed by atoms with Gasteiger partial charge in [0.2, 0.25) is 0 Å². The van der Waals surface area contributed by atoms with Crippen LogP contribution < -0.4 is 5.32 Å². The average molecular weight is 526 g/mol. The number of pyridine rings is 1. The standard InChI is InChI=1S/C27H32ClN5O2S/c1-27(24-5-3-4-10-29-24,30-25(34)23-17-19-6-7-20(28)18-22(19)36-23)26(35)33-15-13-32(14-16-33)21-8-11-31(2)12-9-21/h3-7,10,17-18,21H,8-9,11-16H2,1-2H3,(H,30,34)/t27-/m1/s1. The molecule has 190 valence electrons. The van der Waals surface area contributed by atoms with Gasteiger partial charge in [0.05, 0.1) is 10.6 Å². The first kappa shape index (κ1) is 25.1. The third-order valence-electron chi connectivity index (χ3n) is 7.48.